The normalized spacial score (nSPS) is 11.8. The quantitative estimate of drug-likeness (QED) is 0.147. The Morgan fingerprint density at radius 3 is 1.52 bits per heavy atom. The molecule has 11 aromatic rings. The minimum absolute atomic E-state index is 0.942. The summed E-state index contributed by atoms with van der Waals surface area (Å²) in [6.07, 6.45) is 0.942. The third-order valence-corrected chi connectivity index (χ3v) is 14.2. The second kappa shape index (κ2) is 15.8. The Kier molecular flexibility index (Phi) is 9.39. The molecule has 0 radical (unpaired) electrons. The largest absolute Gasteiger partial charge is 0.311 e. The Hall–Kier alpha value is -7.78. The fourth-order valence-corrected chi connectivity index (χ4v) is 11.0. The van der Waals surface area contributed by atoms with Crippen LogP contribution in [0.15, 0.2) is 231 Å². The number of aryl methyl sites for hydroxylation is 1. The van der Waals surface area contributed by atoms with Gasteiger partial charge in [0.15, 0.2) is 0 Å². The van der Waals surface area contributed by atoms with Gasteiger partial charge in [0.25, 0.3) is 0 Å². The Labute approximate surface area is 378 Å². The predicted octanol–water partition coefficient (Wildman–Crippen LogP) is 17.7. The van der Waals surface area contributed by atoms with Crippen LogP contribution in [0.5, 0.6) is 0 Å². The van der Waals surface area contributed by atoms with Crippen molar-refractivity contribution in [3.8, 4) is 66.8 Å². The average Bonchev–Trinajstić information content (AvgIpc) is 3.94. The number of nitrogens with zero attached hydrogens (tertiary/aromatic N) is 1. The van der Waals surface area contributed by atoms with Crippen molar-refractivity contribution in [2.45, 2.75) is 13.3 Å². The smallest absolute Gasteiger partial charge is 0.0462 e. The molecule has 0 saturated heterocycles. The van der Waals surface area contributed by atoms with Gasteiger partial charge in [-0.25, -0.2) is 0 Å². The summed E-state index contributed by atoms with van der Waals surface area (Å²) in [5.41, 5.74) is 22.6. The number of thiophene rings is 1. The molecule has 0 N–H and O–H groups in total. The first-order valence-corrected chi connectivity index (χ1v) is 22.9. The van der Waals surface area contributed by atoms with Crippen LogP contribution in [0.25, 0.3) is 86.9 Å². The zero-order valence-corrected chi connectivity index (χ0v) is 36.3. The van der Waals surface area contributed by atoms with Crippen LogP contribution in [0.3, 0.4) is 0 Å². The van der Waals surface area contributed by atoms with Crippen molar-refractivity contribution in [1.29, 1.82) is 0 Å². The highest BCUT2D eigenvalue weighted by atomic mass is 32.1. The van der Waals surface area contributed by atoms with Gasteiger partial charge in [-0.05, 0) is 151 Å². The molecule has 1 aromatic heterocycles. The van der Waals surface area contributed by atoms with E-state index in [0.717, 1.165) is 23.5 Å². The first kappa shape index (κ1) is 37.9. The second-order valence-electron chi connectivity index (χ2n) is 16.9. The molecule has 1 aliphatic carbocycles. The number of hydrogen-bond donors (Lipinski definition) is 0. The molecular formula is C62H43NS. The summed E-state index contributed by atoms with van der Waals surface area (Å²) in [4.78, 5) is 2.38. The van der Waals surface area contributed by atoms with E-state index in [0.29, 0.717) is 0 Å². The highest BCUT2D eigenvalue weighted by molar-refractivity contribution is 7.25. The van der Waals surface area contributed by atoms with Crippen LogP contribution in [0, 0.1) is 6.92 Å². The van der Waals surface area contributed by atoms with Crippen LogP contribution < -0.4 is 4.90 Å². The van der Waals surface area contributed by atoms with E-state index in [2.05, 4.69) is 242 Å². The summed E-state index contributed by atoms with van der Waals surface area (Å²) in [5, 5.41) is 2.61. The minimum Gasteiger partial charge on any atom is -0.311 e. The second-order valence-corrected chi connectivity index (χ2v) is 18.0. The van der Waals surface area contributed by atoms with Gasteiger partial charge in [-0.2, -0.15) is 0 Å². The predicted molar refractivity (Wildman–Crippen MR) is 274 cm³/mol. The minimum atomic E-state index is 0.942. The molecule has 1 nitrogen and oxygen atoms in total. The van der Waals surface area contributed by atoms with Crippen molar-refractivity contribution in [3.05, 3.63) is 247 Å². The molecule has 12 rings (SSSR count). The van der Waals surface area contributed by atoms with Crippen molar-refractivity contribution in [1.82, 2.24) is 0 Å². The van der Waals surface area contributed by atoms with Crippen molar-refractivity contribution < 1.29 is 0 Å². The van der Waals surface area contributed by atoms with E-state index >= 15 is 0 Å². The molecule has 0 amide bonds. The van der Waals surface area contributed by atoms with Crippen LogP contribution in [0.4, 0.5) is 17.1 Å². The van der Waals surface area contributed by atoms with E-state index in [1.54, 1.807) is 0 Å². The molecule has 0 atom stereocenters. The van der Waals surface area contributed by atoms with Crippen LogP contribution in [0.2, 0.25) is 0 Å². The van der Waals surface area contributed by atoms with Gasteiger partial charge >= 0.3 is 0 Å². The summed E-state index contributed by atoms with van der Waals surface area (Å²) >= 11 is 1.87. The molecule has 1 heterocycles. The highest BCUT2D eigenvalue weighted by Crippen LogP contribution is 2.48. The van der Waals surface area contributed by atoms with Crippen molar-refractivity contribution in [2.75, 3.05) is 4.90 Å². The molecule has 0 unspecified atom stereocenters. The van der Waals surface area contributed by atoms with Crippen LogP contribution in [-0.4, -0.2) is 0 Å². The molecule has 10 aromatic carbocycles. The van der Waals surface area contributed by atoms with E-state index in [9.17, 15) is 0 Å². The zero-order chi connectivity index (χ0) is 42.6. The fraction of sp³-hybridized carbons (Fsp3) is 0.0323. The molecule has 0 aliphatic heterocycles. The molecule has 0 spiro atoms. The maximum Gasteiger partial charge on any atom is 0.0462 e. The van der Waals surface area contributed by atoms with Crippen LogP contribution in [0.1, 0.15) is 16.7 Å². The van der Waals surface area contributed by atoms with Gasteiger partial charge in [-0.3, -0.25) is 0 Å². The number of benzene rings is 10. The van der Waals surface area contributed by atoms with Gasteiger partial charge in [0.2, 0.25) is 0 Å². The molecule has 1 aliphatic rings. The SMILES string of the molecule is Cc1ccccc1-c1ccc(-c2ccc(N(c3ccc(-c4ccccc4)cc3)c3ccc(-c4ccc5sc6cc(-c7ccccc7)ccc6c5c4)cc3)cc2)c2c1Cc1ccccc1-2. The number of fused-ring (bicyclic) bond motifs is 6. The van der Waals surface area contributed by atoms with E-state index in [-0.39, 0.29) is 0 Å². The number of rotatable bonds is 8. The maximum atomic E-state index is 2.38. The third kappa shape index (κ3) is 6.72. The van der Waals surface area contributed by atoms with Crippen LogP contribution in [-0.2, 0) is 6.42 Å². The molecular weight excluding hydrogens is 791 g/mol. The summed E-state index contributed by atoms with van der Waals surface area (Å²) in [7, 11) is 0. The average molecular weight is 834 g/mol. The summed E-state index contributed by atoms with van der Waals surface area (Å²) < 4.78 is 2.63. The van der Waals surface area contributed by atoms with Gasteiger partial charge in [0.1, 0.15) is 0 Å². The first-order chi connectivity index (χ1) is 31.6. The number of hydrogen-bond acceptors (Lipinski definition) is 2. The monoisotopic (exact) mass is 833 g/mol. The lowest BCUT2D eigenvalue weighted by molar-refractivity contribution is 1.26. The standard InChI is InChI=1S/C62H43NS/c1-41-12-8-10-18-53(41)56-36-35-55(62-54-19-11-9-17-49(54)39-59(56)62)46-24-32-52(33-25-46)63(50-28-20-44(21-29-50)42-13-4-2-5-14-42)51-30-22-45(23-31-51)47-27-37-60-58(38-47)57-34-26-48(40-61(57)64-60)43-15-6-3-7-16-43/h2-38,40H,39H2,1H3. The molecule has 2 heteroatoms. The van der Waals surface area contributed by atoms with Gasteiger partial charge in [0.05, 0.1) is 0 Å². The fourth-order valence-electron chi connectivity index (χ4n) is 9.86. The maximum absolute atomic E-state index is 2.38. The Morgan fingerprint density at radius 1 is 0.344 bits per heavy atom. The molecule has 0 saturated carbocycles. The van der Waals surface area contributed by atoms with Crippen molar-refractivity contribution >= 4 is 48.6 Å². The van der Waals surface area contributed by atoms with Gasteiger partial charge in [0, 0.05) is 37.2 Å². The third-order valence-electron chi connectivity index (χ3n) is 13.1. The zero-order valence-electron chi connectivity index (χ0n) is 35.5. The summed E-state index contributed by atoms with van der Waals surface area (Å²) in [5.74, 6) is 0. The van der Waals surface area contributed by atoms with E-state index < -0.39 is 0 Å². The van der Waals surface area contributed by atoms with Crippen molar-refractivity contribution in [3.63, 3.8) is 0 Å². The van der Waals surface area contributed by atoms with Crippen LogP contribution >= 0.6 is 11.3 Å². The van der Waals surface area contributed by atoms with E-state index in [4.69, 9.17) is 0 Å². The Morgan fingerprint density at radius 2 is 0.844 bits per heavy atom. The molecule has 64 heavy (non-hydrogen) atoms. The lowest BCUT2D eigenvalue weighted by atomic mass is 9.88. The Balaban J connectivity index is 0.914. The number of anilines is 3. The summed E-state index contributed by atoms with van der Waals surface area (Å²) in [6, 6.07) is 84.7. The summed E-state index contributed by atoms with van der Waals surface area (Å²) in [6.45, 7) is 2.22. The van der Waals surface area contributed by atoms with E-state index in [1.165, 1.54) is 104 Å². The molecule has 302 valence electrons. The molecule has 0 fully saturated rings. The highest BCUT2D eigenvalue weighted by Gasteiger charge is 2.26. The van der Waals surface area contributed by atoms with Gasteiger partial charge < -0.3 is 4.90 Å². The van der Waals surface area contributed by atoms with Gasteiger partial charge in [-0.15, -0.1) is 11.3 Å². The van der Waals surface area contributed by atoms with E-state index in [1.807, 2.05) is 11.3 Å². The molecule has 0 bridgehead atoms. The lowest BCUT2D eigenvalue weighted by Crippen LogP contribution is -2.09. The van der Waals surface area contributed by atoms with Crippen molar-refractivity contribution in [2.24, 2.45) is 0 Å². The first-order valence-electron chi connectivity index (χ1n) is 22.1. The Bertz CT molecular complexity index is 3490. The lowest BCUT2D eigenvalue weighted by Gasteiger charge is -2.26. The topological polar surface area (TPSA) is 3.24 Å². The van der Waals surface area contributed by atoms with Gasteiger partial charge in [-0.1, -0.05) is 176 Å².